The van der Waals surface area contributed by atoms with Gasteiger partial charge in [0.25, 0.3) is 0 Å². The lowest BCUT2D eigenvalue weighted by Gasteiger charge is -2.56. The van der Waals surface area contributed by atoms with Gasteiger partial charge in [0.2, 0.25) is 0 Å². The van der Waals surface area contributed by atoms with Gasteiger partial charge < -0.3 is 14.0 Å². The van der Waals surface area contributed by atoms with Crippen molar-refractivity contribution >= 4 is 7.32 Å². The number of nitrogens with zero attached hydrogens (tertiary/aromatic N) is 3. The summed E-state index contributed by atoms with van der Waals surface area (Å²) in [5.41, 5.74) is -0.759. The molecule has 3 rings (SSSR count). The van der Waals surface area contributed by atoms with Crippen LogP contribution in [0.15, 0.2) is 0 Å². The molecule has 3 fully saturated rings. The number of hydrogen-bond acceptors (Lipinski definition) is 6. The quantitative estimate of drug-likeness (QED) is 0.242. The van der Waals surface area contributed by atoms with Crippen LogP contribution in [0, 0.1) is 37.0 Å². The van der Waals surface area contributed by atoms with Crippen LogP contribution in [0.1, 0.15) is 122 Å². The Hall–Kier alpha value is -1.50. The highest BCUT2D eigenvalue weighted by molar-refractivity contribution is 6.36. The summed E-state index contributed by atoms with van der Waals surface area (Å²) in [7, 11) is -0.776. The predicted molar refractivity (Wildman–Crippen MR) is 179 cm³/mol. The monoisotopic (exact) mass is 593 g/mol. The number of hydrogen-bond donors (Lipinski definition) is 0. The van der Waals surface area contributed by atoms with Gasteiger partial charge in [-0.15, -0.1) is 19.3 Å². The first-order valence-electron chi connectivity index (χ1n) is 16.2. The van der Waals surface area contributed by atoms with Crippen LogP contribution in [-0.4, -0.2) is 93.2 Å². The smallest absolute Gasteiger partial charge is 0.383 e. The Labute approximate surface area is 265 Å². The molecule has 0 aromatic heterocycles. The van der Waals surface area contributed by atoms with Gasteiger partial charge in [-0.3, -0.25) is 14.7 Å². The van der Waals surface area contributed by atoms with Gasteiger partial charge in [-0.1, -0.05) is 17.8 Å². The van der Waals surface area contributed by atoms with Crippen LogP contribution in [0.2, 0.25) is 0 Å². The number of rotatable bonds is 9. The lowest BCUT2D eigenvalue weighted by molar-refractivity contribution is -0.119. The molecule has 0 unspecified atom stereocenters. The zero-order valence-electron chi connectivity index (χ0n) is 29.5. The number of likely N-dealkylation sites (tertiary alicyclic amines) is 3. The standard InChI is InChI=1S/C36H60BN3O3/c1-16-19-38-31(4,5)22-28(23-32(38,6)7)41-37(42-29-24-33(8,9)39(20-17-2)34(10,11)25-29)43-30-26-35(12,13)40(21-18-3)36(14,15)27-30/h1-3,28-30H,19-27H2,4-15H3. The lowest BCUT2D eigenvalue weighted by atomic mass is 9.76. The van der Waals surface area contributed by atoms with Gasteiger partial charge in [0, 0.05) is 51.5 Å². The van der Waals surface area contributed by atoms with Crippen molar-refractivity contribution in [3.63, 3.8) is 0 Å². The van der Waals surface area contributed by atoms with E-state index < -0.39 is 7.32 Å². The molecule has 0 aromatic carbocycles. The van der Waals surface area contributed by atoms with Crippen molar-refractivity contribution in [2.24, 2.45) is 0 Å². The molecule has 3 aliphatic heterocycles. The normalized spacial score (nSPS) is 27.6. The fourth-order valence-electron chi connectivity index (χ4n) is 9.09. The fourth-order valence-corrected chi connectivity index (χ4v) is 9.09. The van der Waals surface area contributed by atoms with E-state index in [0.29, 0.717) is 19.6 Å². The minimum Gasteiger partial charge on any atom is -0.383 e. The van der Waals surface area contributed by atoms with E-state index in [1.165, 1.54) is 0 Å². The van der Waals surface area contributed by atoms with Crippen LogP contribution >= 0.6 is 0 Å². The van der Waals surface area contributed by atoms with Crippen molar-refractivity contribution in [2.75, 3.05) is 19.6 Å². The summed E-state index contributed by atoms with van der Waals surface area (Å²) in [4.78, 5) is 7.28. The molecule has 6 nitrogen and oxygen atoms in total. The molecule has 0 amide bonds. The van der Waals surface area contributed by atoms with E-state index in [0.717, 1.165) is 38.5 Å². The summed E-state index contributed by atoms with van der Waals surface area (Å²) in [5.74, 6) is 8.61. The van der Waals surface area contributed by atoms with Gasteiger partial charge in [0.15, 0.2) is 0 Å². The van der Waals surface area contributed by atoms with Gasteiger partial charge in [-0.05, 0) is 122 Å². The Balaban J connectivity index is 1.89. The third kappa shape index (κ3) is 8.21. The summed E-state index contributed by atoms with van der Waals surface area (Å²) in [5, 5.41) is 0. The highest BCUT2D eigenvalue weighted by Crippen LogP contribution is 2.43. The Kier molecular flexibility index (Phi) is 10.6. The maximum atomic E-state index is 6.90. The van der Waals surface area contributed by atoms with Gasteiger partial charge in [-0.25, -0.2) is 0 Å². The van der Waals surface area contributed by atoms with E-state index in [9.17, 15) is 0 Å². The average molecular weight is 594 g/mol. The molecule has 0 saturated carbocycles. The molecule has 3 saturated heterocycles. The molecule has 3 aliphatic rings. The molecule has 0 N–H and O–H groups in total. The first-order chi connectivity index (χ1) is 19.6. The van der Waals surface area contributed by atoms with E-state index in [2.05, 4.69) is 116 Å². The summed E-state index contributed by atoms with van der Waals surface area (Å²) in [6.45, 7) is 29.0. The molecule has 43 heavy (non-hydrogen) atoms. The molecule has 0 aromatic rings. The number of piperidine rings is 3. The van der Waals surface area contributed by atoms with Gasteiger partial charge >= 0.3 is 7.32 Å². The van der Waals surface area contributed by atoms with E-state index in [4.69, 9.17) is 33.2 Å². The summed E-state index contributed by atoms with van der Waals surface area (Å²) < 4.78 is 20.7. The molecule has 7 heteroatoms. The maximum absolute atomic E-state index is 6.90. The first kappa shape index (κ1) is 36.0. The van der Waals surface area contributed by atoms with Crippen molar-refractivity contribution < 1.29 is 14.0 Å². The molecule has 0 atom stereocenters. The van der Waals surface area contributed by atoms with Crippen LogP contribution in [0.5, 0.6) is 0 Å². The average Bonchev–Trinajstić information content (AvgIpc) is 2.79. The Morgan fingerprint density at radius 1 is 0.465 bits per heavy atom. The minimum absolute atomic E-state index is 0.0332. The molecule has 0 bridgehead atoms. The second-order valence-corrected chi connectivity index (χ2v) is 17.0. The zero-order chi connectivity index (χ0) is 32.6. The third-order valence-corrected chi connectivity index (χ3v) is 10.4. The van der Waals surface area contributed by atoms with Crippen LogP contribution < -0.4 is 0 Å². The van der Waals surface area contributed by atoms with Crippen molar-refractivity contribution in [2.45, 2.75) is 173 Å². The Morgan fingerprint density at radius 3 is 0.814 bits per heavy atom. The second kappa shape index (κ2) is 12.7. The van der Waals surface area contributed by atoms with Crippen LogP contribution in [-0.2, 0) is 14.0 Å². The van der Waals surface area contributed by atoms with E-state index in [-0.39, 0.29) is 51.5 Å². The largest absolute Gasteiger partial charge is 0.640 e. The lowest BCUT2D eigenvalue weighted by Crippen LogP contribution is -2.64. The Morgan fingerprint density at radius 2 is 0.651 bits per heavy atom. The summed E-state index contributed by atoms with van der Waals surface area (Å²) in [6.07, 6.45) is 22.3. The van der Waals surface area contributed by atoms with Crippen molar-refractivity contribution in [1.29, 1.82) is 0 Å². The SMILES string of the molecule is C#CCN1C(C)(C)CC(OB(OC2CC(C)(C)N(CC#C)C(C)(C)C2)OC2CC(C)(C)N(CC#C)C(C)(C)C2)CC1(C)C. The van der Waals surface area contributed by atoms with E-state index in [1.807, 2.05) is 0 Å². The zero-order valence-corrected chi connectivity index (χ0v) is 29.5. The molecule has 240 valence electrons. The molecule has 0 aliphatic carbocycles. The maximum Gasteiger partial charge on any atom is 0.640 e. The van der Waals surface area contributed by atoms with Gasteiger partial charge in [-0.2, -0.15) is 0 Å². The minimum atomic E-state index is -0.776. The first-order valence-corrected chi connectivity index (χ1v) is 16.2. The van der Waals surface area contributed by atoms with E-state index >= 15 is 0 Å². The summed E-state index contributed by atoms with van der Waals surface area (Å²) in [6, 6.07) is 0. The molecular weight excluding hydrogens is 533 g/mol. The highest BCUT2D eigenvalue weighted by Gasteiger charge is 2.51. The molecule has 3 heterocycles. The second-order valence-electron chi connectivity index (χ2n) is 17.0. The van der Waals surface area contributed by atoms with Crippen molar-refractivity contribution in [1.82, 2.24) is 14.7 Å². The molecular formula is C36H60BN3O3. The predicted octanol–water partition coefficient (Wildman–Crippen LogP) is 5.99. The van der Waals surface area contributed by atoms with Gasteiger partial charge in [0.05, 0.1) is 19.6 Å². The Bertz CT molecular complexity index is 914. The topological polar surface area (TPSA) is 37.4 Å². The van der Waals surface area contributed by atoms with Crippen LogP contribution in [0.3, 0.4) is 0 Å². The third-order valence-electron chi connectivity index (χ3n) is 10.4. The number of terminal acetylenes is 3. The van der Waals surface area contributed by atoms with Gasteiger partial charge in [0.1, 0.15) is 0 Å². The molecule has 0 spiro atoms. The van der Waals surface area contributed by atoms with Crippen molar-refractivity contribution in [3.05, 3.63) is 0 Å². The highest BCUT2D eigenvalue weighted by atomic mass is 16.7. The van der Waals surface area contributed by atoms with Crippen LogP contribution in [0.4, 0.5) is 0 Å². The van der Waals surface area contributed by atoms with E-state index in [1.54, 1.807) is 0 Å². The van der Waals surface area contributed by atoms with Crippen LogP contribution in [0.25, 0.3) is 0 Å². The fraction of sp³-hybridized carbons (Fsp3) is 0.833. The molecule has 0 radical (unpaired) electrons. The van der Waals surface area contributed by atoms with Crippen molar-refractivity contribution in [3.8, 4) is 37.0 Å². The summed E-state index contributed by atoms with van der Waals surface area (Å²) >= 11 is 0.